The number of carbonyl (C=O) groups excluding carboxylic acids is 1. The molecule has 7 nitrogen and oxygen atoms in total. The minimum absolute atomic E-state index is 0.0352. The molecule has 176 valence electrons. The van der Waals surface area contributed by atoms with Gasteiger partial charge in [-0.15, -0.1) is 10.2 Å². The maximum Gasteiger partial charge on any atom is 0.251 e. The highest BCUT2D eigenvalue weighted by Gasteiger charge is 2.29. The predicted octanol–water partition coefficient (Wildman–Crippen LogP) is 4.83. The Morgan fingerprint density at radius 3 is 2.46 bits per heavy atom. The molecule has 0 fully saturated rings. The Kier molecular flexibility index (Phi) is 6.76. The SMILES string of the molecule is CC(C)NC(=O)c1cc(-c2nnc(C(C)(N)Cc3ccccc3)o2)cc(-c2ccccc2C#N)c1. The molecule has 0 aliphatic carbocycles. The molecule has 7 heteroatoms. The van der Waals surface area contributed by atoms with E-state index in [4.69, 9.17) is 10.2 Å². The summed E-state index contributed by atoms with van der Waals surface area (Å²) in [5.74, 6) is 0.317. The van der Waals surface area contributed by atoms with E-state index in [0.29, 0.717) is 40.1 Å². The van der Waals surface area contributed by atoms with Gasteiger partial charge in [0.2, 0.25) is 11.8 Å². The molecule has 1 unspecified atom stereocenters. The first-order valence-corrected chi connectivity index (χ1v) is 11.4. The van der Waals surface area contributed by atoms with Crippen LogP contribution in [0.3, 0.4) is 0 Å². The lowest BCUT2D eigenvalue weighted by Gasteiger charge is -2.20. The van der Waals surface area contributed by atoms with E-state index in [9.17, 15) is 10.1 Å². The Bertz CT molecular complexity index is 1380. The Balaban J connectivity index is 1.76. The second-order valence-corrected chi connectivity index (χ2v) is 9.08. The van der Waals surface area contributed by atoms with Crippen LogP contribution in [0.2, 0.25) is 0 Å². The third kappa shape index (κ3) is 5.45. The van der Waals surface area contributed by atoms with Crippen LogP contribution in [0.1, 0.15) is 48.1 Å². The van der Waals surface area contributed by atoms with E-state index < -0.39 is 5.54 Å². The van der Waals surface area contributed by atoms with Crippen molar-refractivity contribution in [3.05, 3.63) is 95.4 Å². The number of carbonyl (C=O) groups is 1. The summed E-state index contributed by atoms with van der Waals surface area (Å²) in [4.78, 5) is 12.9. The maximum atomic E-state index is 12.9. The number of hydrogen-bond acceptors (Lipinski definition) is 6. The number of hydrogen-bond donors (Lipinski definition) is 2. The second-order valence-electron chi connectivity index (χ2n) is 9.08. The van der Waals surface area contributed by atoms with Crippen molar-refractivity contribution in [2.75, 3.05) is 0 Å². The molecule has 1 atom stereocenters. The Morgan fingerprint density at radius 1 is 1.06 bits per heavy atom. The van der Waals surface area contributed by atoms with E-state index in [-0.39, 0.29) is 17.8 Å². The number of amides is 1. The molecule has 35 heavy (non-hydrogen) atoms. The van der Waals surface area contributed by atoms with Crippen molar-refractivity contribution in [2.45, 2.75) is 38.8 Å². The summed E-state index contributed by atoms with van der Waals surface area (Å²) in [5.41, 5.74) is 9.65. The van der Waals surface area contributed by atoms with Gasteiger partial charge < -0.3 is 15.5 Å². The van der Waals surface area contributed by atoms with Crippen molar-refractivity contribution in [3.63, 3.8) is 0 Å². The molecule has 1 heterocycles. The first kappa shape index (κ1) is 23.9. The summed E-state index contributed by atoms with van der Waals surface area (Å²) in [5, 5.41) is 21.0. The topological polar surface area (TPSA) is 118 Å². The zero-order valence-corrected chi connectivity index (χ0v) is 19.9. The minimum Gasteiger partial charge on any atom is -0.419 e. The van der Waals surface area contributed by atoms with Crippen LogP contribution in [-0.4, -0.2) is 22.1 Å². The molecule has 0 bridgehead atoms. The van der Waals surface area contributed by atoms with E-state index >= 15 is 0 Å². The van der Waals surface area contributed by atoms with E-state index in [1.54, 1.807) is 24.3 Å². The number of benzene rings is 3. The average Bonchev–Trinajstić information content (AvgIpc) is 3.35. The monoisotopic (exact) mass is 465 g/mol. The normalized spacial score (nSPS) is 12.7. The lowest BCUT2D eigenvalue weighted by Crippen LogP contribution is -2.35. The minimum atomic E-state index is -0.879. The zero-order chi connectivity index (χ0) is 25.0. The van der Waals surface area contributed by atoms with Gasteiger partial charge in [0.15, 0.2) is 0 Å². The molecule has 0 saturated heterocycles. The van der Waals surface area contributed by atoms with Crippen molar-refractivity contribution in [2.24, 2.45) is 5.73 Å². The van der Waals surface area contributed by atoms with Gasteiger partial charge in [-0.25, -0.2) is 0 Å². The van der Waals surface area contributed by atoms with Gasteiger partial charge in [0, 0.05) is 17.2 Å². The predicted molar refractivity (Wildman–Crippen MR) is 134 cm³/mol. The van der Waals surface area contributed by atoms with E-state index in [1.165, 1.54) is 0 Å². The van der Waals surface area contributed by atoms with Crippen molar-refractivity contribution in [1.82, 2.24) is 15.5 Å². The summed E-state index contributed by atoms with van der Waals surface area (Å²) in [6.07, 6.45) is 0.521. The number of rotatable bonds is 7. The molecule has 3 N–H and O–H groups in total. The van der Waals surface area contributed by atoms with Crippen LogP contribution in [-0.2, 0) is 12.0 Å². The molecular formula is C28H27N5O2. The lowest BCUT2D eigenvalue weighted by atomic mass is 9.94. The third-order valence-corrected chi connectivity index (χ3v) is 5.55. The maximum absolute atomic E-state index is 12.9. The van der Waals surface area contributed by atoms with Crippen molar-refractivity contribution in [1.29, 1.82) is 5.26 Å². The summed E-state index contributed by atoms with van der Waals surface area (Å²) < 4.78 is 6.03. The highest BCUT2D eigenvalue weighted by Crippen LogP contribution is 2.31. The van der Waals surface area contributed by atoms with Crippen molar-refractivity contribution >= 4 is 5.91 Å². The molecule has 3 aromatic carbocycles. The van der Waals surface area contributed by atoms with E-state index in [2.05, 4.69) is 21.6 Å². The Morgan fingerprint density at radius 2 is 1.74 bits per heavy atom. The molecular weight excluding hydrogens is 438 g/mol. The molecule has 1 amide bonds. The molecule has 0 radical (unpaired) electrons. The molecule has 0 spiro atoms. The first-order chi connectivity index (χ1) is 16.8. The Labute approximate surface area is 204 Å². The number of nitrogens with zero attached hydrogens (tertiary/aromatic N) is 3. The summed E-state index contributed by atoms with van der Waals surface area (Å²) in [6, 6.07) is 24.6. The number of nitrogens with one attached hydrogen (secondary N) is 1. The molecule has 0 aliphatic rings. The molecule has 0 saturated carbocycles. The number of nitriles is 1. The van der Waals surface area contributed by atoms with Gasteiger partial charge in [0.1, 0.15) is 0 Å². The van der Waals surface area contributed by atoms with Gasteiger partial charge in [-0.2, -0.15) is 5.26 Å². The van der Waals surface area contributed by atoms with Gasteiger partial charge in [0.05, 0.1) is 17.2 Å². The number of nitrogens with two attached hydrogens (primary N) is 1. The Hall–Kier alpha value is -4.28. The highest BCUT2D eigenvalue weighted by atomic mass is 16.4. The van der Waals surface area contributed by atoms with Gasteiger partial charge in [-0.3, -0.25) is 4.79 Å². The van der Waals surface area contributed by atoms with Gasteiger partial charge >= 0.3 is 0 Å². The zero-order valence-electron chi connectivity index (χ0n) is 19.9. The molecule has 1 aromatic heterocycles. The van der Waals surface area contributed by atoms with Crippen molar-refractivity contribution < 1.29 is 9.21 Å². The summed E-state index contributed by atoms with van der Waals surface area (Å²) in [6.45, 7) is 5.64. The largest absolute Gasteiger partial charge is 0.419 e. The summed E-state index contributed by atoms with van der Waals surface area (Å²) in [7, 11) is 0. The molecule has 4 aromatic rings. The fraction of sp³-hybridized carbons (Fsp3) is 0.214. The van der Waals surface area contributed by atoms with Gasteiger partial charge in [-0.05, 0) is 68.1 Å². The quantitative estimate of drug-likeness (QED) is 0.404. The fourth-order valence-electron chi connectivity index (χ4n) is 3.88. The first-order valence-electron chi connectivity index (χ1n) is 11.4. The van der Waals surface area contributed by atoms with Crippen LogP contribution >= 0.6 is 0 Å². The van der Waals surface area contributed by atoms with Crippen LogP contribution in [0.25, 0.3) is 22.6 Å². The van der Waals surface area contributed by atoms with Crippen LogP contribution in [0.15, 0.2) is 77.2 Å². The van der Waals surface area contributed by atoms with Gasteiger partial charge in [0.25, 0.3) is 5.91 Å². The number of aromatic nitrogens is 2. The van der Waals surface area contributed by atoms with Crippen LogP contribution in [0.5, 0.6) is 0 Å². The van der Waals surface area contributed by atoms with Gasteiger partial charge in [-0.1, -0.05) is 48.5 Å². The lowest BCUT2D eigenvalue weighted by molar-refractivity contribution is 0.0943. The second kappa shape index (κ2) is 9.92. The molecule has 0 aliphatic heterocycles. The smallest absolute Gasteiger partial charge is 0.251 e. The molecule has 4 rings (SSSR count). The average molecular weight is 466 g/mol. The van der Waals surface area contributed by atoms with Crippen molar-refractivity contribution in [3.8, 4) is 28.7 Å². The summed E-state index contributed by atoms with van der Waals surface area (Å²) >= 11 is 0. The van der Waals surface area contributed by atoms with Crippen LogP contribution in [0, 0.1) is 11.3 Å². The highest BCUT2D eigenvalue weighted by molar-refractivity contribution is 5.97. The third-order valence-electron chi connectivity index (χ3n) is 5.55. The fourth-order valence-corrected chi connectivity index (χ4v) is 3.88. The standard InChI is InChI=1S/C28H27N5O2/c1-18(2)31-25(34)22-13-21(24-12-8-7-11-20(24)17-29)14-23(15-22)26-32-33-27(35-26)28(3,30)16-19-9-5-4-6-10-19/h4-15,18H,16,30H2,1-3H3,(H,31,34). The van der Waals surface area contributed by atoms with Crippen LogP contribution in [0.4, 0.5) is 0 Å². The van der Waals surface area contributed by atoms with E-state index in [1.807, 2.05) is 69.3 Å². The van der Waals surface area contributed by atoms with Crippen LogP contribution < -0.4 is 11.1 Å². The van der Waals surface area contributed by atoms with E-state index in [0.717, 1.165) is 5.56 Å².